The molecule has 28 heavy (non-hydrogen) atoms. The van der Waals surface area contributed by atoms with Crippen molar-refractivity contribution in [2.24, 2.45) is 0 Å². The SMILES string of the molecule is CCc1ccc(NC(=O)CCN2C(=O)c3cccc4cccc(c34)C2=O)cc1. The lowest BCUT2D eigenvalue weighted by Crippen LogP contribution is -2.41. The van der Waals surface area contributed by atoms with Crippen LogP contribution in [0.4, 0.5) is 5.69 Å². The number of rotatable bonds is 5. The third kappa shape index (κ3) is 3.16. The van der Waals surface area contributed by atoms with Crippen molar-refractivity contribution >= 4 is 34.2 Å². The zero-order chi connectivity index (χ0) is 19.7. The Morgan fingerprint density at radius 1 is 0.893 bits per heavy atom. The quantitative estimate of drug-likeness (QED) is 0.688. The van der Waals surface area contributed by atoms with Crippen LogP contribution in [0.25, 0.3) is 10.8 Å². The van der Waals surface area contributed by atoms with E-state index in [4.69, 9.17) is 0 Å². The van der Waals surface area contributed by atoms with Gasteiger partial charge in [0.2, 0.25) is 5.91 Å². The second-order valence-electron chi connectivity index (χ2n) is 6.82. The molecule has 3 aromatic carbocycles. The molecule has 0 aromatic heterocycles. The minimum atomic E-state index is -0.352. The fourth-order valence-corrected chi connectivity index (χ4v) is 3.54. The lowest BCUT2D eigenvalue weighted by molar-refractivity contribution is -0.116. The topological polar surface area (TPSA) is 66.5 Å². The Morgan fingerprint density at radius 2 is 1.50 bits per heavy atom. The molecule has 1 heterocycles. The molecule has 1 aliphatic heterocycles. The molecule has 0 saturated heterocycles. The second kappa shape index (κ2) is 7.27. The molecule has 5 heteroatoms. The van der Waals surface area contributed by atoms with Crippen molar-refractivity contribution in [1.82, 2.24) is 4.90 Å². The number of hydrogen-bond donors (Lipinski definition) is 1. The molecule has 4 rings (SSSR count). The van der Waals surface area contributed by atoms with Gasteiger partial charge in [0.25, 0.3) is 11.8 Å². The highest BCUT2D eigenvalue weighted by Gasteiger charge is 2.32. The number of aryl methyl sites for hydroxylation is 1. The molecule has 1 aliphatic rings. The molecule has 5 nitrogen and oxygen atoms in total. The van der Waals surface area contributed by atoms with Crippen LogP contribution in [0.3, 0.4) is 0 Å². The fourth-order valence-electron chi connectivity index (χ4n) is 3.54. The van der Waals surface area contributed by atoms with Crippen LogP contribution in [0, 0.1) is 0 Å². The summed E-state index contributed by atoms with van der Waals surface area (Å²) in [6.07, 6.45) is 0.979. The highest BCUT2D eigenvalue weighted by Crippen LogP contribution is 2.29. The van der Waals surface area contributed by atoms with Gasteiger partial charge in [-0.25, -0.2) is 0 Å². The van der Waals surface area contributed by atoms with Crippen LogP contribution in [0.15, 0.2) is 60.7 Å². The second-order valence-corrected chi connectivity index (χ2v) is 6.82. The highest BCUT2D eigenvalue weighted by molar-refractivity contribution is 6.25. The van der Waals surface area contributed by atoms with Gasteiger partial charge in [-0.1, -0.05) is 43.3 Å². The summed E-state index contributed by atoms with van der Waals surface area (Å²) in [6, 6.07) is 18.5. The first-order chi connectivity index (χ1) is 13.6. The van der Waals surface area contributed by atoms with Crippen molar-refractivity contribution in [2.75, 3.05) is 11.9 Å². The van der Waals surface area contributed by atoms with E-state index in [1.165, 1.54) is 5.56 Å². The Hall–Kier alpha value is -3.47. The molecule has 140 valence electrons. The fraction of sp³-hybridized carbons (Fsp3) is 0.174. The van der Waals surface area contributed by atoms with E-state index in [-0.39, 0.29) is 30.7 Å². The largest absolute Gasteiger partial charge is 0.326 e. The van der Waals surface area contributed by atoms with E-state index in [2.05, 4.69) is 12.2 Å². The molecule has 0 aliphatic carbocycles. The van der Waals surface area contributed by atoms with Crippen LogP contribution < -0.4 is 5.32 Å². The van der Waals surface area contributed by atoms with Crippen molar-refractivity contribution in [1.29, 1.82) is 0 Å². The minimum absolute atomic E-state index is 0.0429. The predicted molar refractivity (Wildman–Crippen MR) is 108 cm³/mol. The van der Waals surface area contributed by atoms with Gasteiger partial charge in [0.1, 0.15) is 0 Å². The molecule has 0 spiro atoms. The van der Waals surface area contributed by atoms with Crippen LogP contribution in [0.5, 0.6) is 0 Å². The smallest absolute Gasteiger partial charge is 0.261 e. The Kier molecular flexibility index (Phi) is 4.65. The molecule has 0 bridgehead atoms. The van der Waals surface area contributed by atoms with E-state index in [1.807, 2.05) is 36.4 Å². The van der Waals surface area contributed by atoms with Gasteiger partial charge in [-0.2, -0.15) is 0 Å². The Labute approximate surface area is 163 Å². The Bertz CT molecular complexity index is 1040. The minimum Gasteiger partial charge on any atom is -0.326 e. The summed E-state index contributed by atoms with van der Waals surface area (Å²) in [4.78, 5) is 39.1. The molecule has 0 fully saturated rings. The molecule has 0 atom stereocenters. The third-order valence-corrected chi connectivity index (χ3v) is 5.06. The molecule has 3 amide bonds. The van der Waals surface area contributed by atoms with Crippen molar-refractivity contribution in [3.8, 4) is 0 Å². The van der Waals surface area contributed by atoms with Gasteiger partial charge in [0, 0.05) is 35.2 Å². The number of carbonyl (C=O) groups excluding carboxylic acids is 3. The first kappa shape index (κ1) is 17.9. The molecule has 0 radical (unpaired) electrons. The lowest BCUT2D eigenvalue weighted by atomic mass is 9.94. The molecular formula is C23H20N2O3. The lowest BCUT2D eigenvalue weighted by Gasteiger charge is -2.27. The van der Waals surface area contributed by atoms with E-state index in [1.54, 1.807) is 24.3 Å². The maximum Gasteiger partial charge on any atom is 0.261 e. The molecule has 3 aromatic rings. The monoisotopic (exact) mass is 372 g/mol. The number of amides is 3. The summed E-state index contributed by atoms with van der Waals surface area (Å²) in [7, 11) is 0. The van der Waals surface area contributed by atoms with Gasteiger partial charge in [-0.3, -0.25) is 19.3 Å². The van der Waals surface area contributed by atoms with Crippen molar-refractivity contribution in [2.45, 2.75) is 19.8 Å². The van der Waals surface area contributed by atoms with E-state index >= 15 is 0 Å². The summed E-state index contributed by atoms with van der Waals surface area (Å²) >= 11 is 0. The zero-order valence-corrected chi connectivity index (χ0v) is 15.6. The van der Waals surface area contributed by atoms with Crippen molar-refractivity contribution < 1.29 is 14.4 Å². The van der Waals surface area contributed by atoms with Gasteiger partial charge in [-0.15, -0.1) is 0 Å². The van der Waals surface area contributed by atoms with Gasteiger partial charge in [-0.05, 0) is 41.6 Å². The standard InChI is InChI=1S/C23H20N2O3/c1-2-15-9-11-17(12-10-15)24-20(26)13-14-25-22(27)18-7-3-5-16-6-4-8-19(21(16)18)23(25)28/h3-12H,2,13-14H2,1H3,(H,24,26). The number of nitrogens with one attached hydrogen (secondary N) is 1. The summed E-state index contributed by atoms with van der Waals surface area (Å²) in [5.41, 5.74) is 2.90. The van der Waals surface area contributed by atoms with Crippen LogP contribution in [0.1, 0.15) is 39.6 Å². The van der Waals surface area contributed by atoms with Gasteiger partial charge < -0.3 is 5.32 Å². The number of imide groups is 1. The summed E-state index contributed by atoms with van der Waals surface area (Å²) in [5.74, 6) is -0.939. The summed E-state index contributed by atoms with van der Waals surface area (Å²) in [6.45, 7) is 2.11. The van der Waals surface area contributed by atoms with E-state index in [0.717, 1.165) is 16.7 Å². The molecule has 0 saturated carbocycles. The van der Waals surface area contributed by atoms with Gasteiger partial charge >= 0.3 is 0 Å². The summed E-state index contributed by atoms with van der Waals surface area (Å²) in [5, 5.41) is 4.37. The van der Waals surface area contributed by atoms with E-state index in [0.29, 0.717) is 22.2 Å². The molecule has 0 unspecified atom stereocenters. The summed E-state index contributed by atoms with van der Waals surface area (Å²) < 4.78 is 0. The number of hydrogen-bond acceptors (Lipinski definition) is 3. The van der Waals surface area contributed by atoms with Crippen LogP contribution >= 0.6 is 0 Å². The molecular weight excluding hydrogens is 352 g/mol. The first-order valence-corrected chi connectivity index (χ1v) is 9.35. The third-order valence-electron chi connectivity index (χ3n) is 5.06. The first-order valence-electron chi connectivity index (χ1n) is 9.35. The highest BCUT2D eigenvalue weighted by atomic mass is 16.2. The van der Waals surface area contributed by atoms with Crippen molar-refractivity contribution in [3.05, 3.63) is 77.4 Å². The van der Waals surface area contributed by atoms with Gasteiger partial charge in [0.05, 0.1) is 0 Å². The van der Waals surface area contributed by atoms with Crippen LogP contribution in [-0.4, -0.2) is 29.2 Å². The number of carbonyl (C=O) groups is 3. The van der Waals surface area contributed by atoms with Gasteiger partial charge in [0.15, 0.2) is 0 Å². The Morgan fingerprint density at radius 3 is 2.07 bits per heavy atom. The number of benzene rings is 3. The normalized spacial score (nSPS) is 13.1. The Balaban J connectivity index is 1.48. The maximum absolute atomic E-state index is 12.8. The van der Waals surface area contributed by atoms with Crippen molar-refractivity contribution in [3.63, 3.8) is 0 Å². The average Bonchev–Trinajstić information content (AvgIpc) is 2.72. The van der Waals surface area contributed by atoms with Crippen LogP contribution in [-0.2, 0) is 11.2 Å². The predicted octanol–water partition coefficient (Wildman–Crippen LogP) is 4.03. The van der Waals surface area contributed by atoms with E-state index in [9.17, 15) is 14.4 Å². The zero-order valence-electron chi connectivity index (χ0n) is 15.6. The number of anilines is 1. The number of nitrogens with zero attached hydrogens (tertiary/aromatic N) is 1. The maximum atomic E-state index is 12.8. The average molecular weight is 372 g/mol. The van der Waals surface area contributed by atoms with E-state index < -0.39 is 0 Å². The van der Waals surface area contributed by atoms with Crippen LogP contribution in [0.2, 0.25) is 0 Å². The molecule has 1 N–H and O–H groups in total.